The standard InChI is InChI=1S/C15H11BrClNS2/c16-11-9-10(17)5-6-12(11)18-15(13-3-1-7-19-13)14-4-2-8-20-14/h1-9,15,18H. The van der Waals surface area contributed by atoms with Crippen LogP contribution in [-0.4, -0.2) is 0 Å². The summed E-state index contributed by atoms with van der Waals surface area (Å²) in [5.41, 5.74) is 1.04. The third-order valence-corrected chi connectivity index (χ3v) is 5.65. The maximum Gasteiger partial charge on any atom is 0.0953 e. The second-order valence-electron chi connectivity index (χ2n) is 4.23. The van der Waals surface area contributed by atoms with Crippen molar-refractivity contribution >= 4 is 55.9 Å². The van der Waals surface area contributed by atoms with Gasteiger partial charge in [0.1, 0.15) is 0 Å². The average molecular weight is 385 g/mol. The lowest BCUT2D eigenvalue weighted by Gasteiger charge is -2.18. The molecule has 1 nitrogen and oxygen atoms in total. The van der Waals surface area contributed by atoms with E-state index < -0.39 is 0 Å². The first-order chi connectivity index (χ1) is 9.74. The Morgan fingerprint density at radius 1 is 1.00 bits per heavy atom. The zero-order chi connectivity index (χ0) is 13.9. The number of benzene rings is 1. The van der Waals surface area contributed by atoms with Crippen LogP contribution in [0.15, 0.2) is 57.7 Å². The van der Waals surface area contributed by atoms with Gasteiger partial charge in [0, 0.05) is 24.9 Å². The predicted molar refractivity (Wildman–Crippen MR) is 93.3 cm³/mol. The van der Waals surface area contributed by atoms with Crippen LogP contribution in [0.25, 0.3) is 0 Å². The molecule has 0 aliphatic carbocycles. The molecule has 2 aromatic heterocycles. The minimum Gasteiger partial charge on any atom is -0.372 e. The Labute approximate surface area is 139 Å². The largest absolute Gasteiger partial charge is 0.372 e. The first kappa shape index (κ1) is 14.1. The summed E-state index contributed by atoms with van der Waals surface area (Å²) < 4.78 is 0.975. The van der Waals surface area contributed by atoms with Crippen molar-refractivity contribution in [3.63, 3.8) is 0 Å². The van der Waals surface area contributed by atoms with E-state index >= 15 is 0 Å². The van der Waals surface area contributed by atoms with Crippen molar-refractivity contribution < 1.29 is 0 Å². The highest BCUT2D eigenvalue weighted by Gasteiger charge is 2.17. The van der Waals surface area contributed by atoms with Gasteiger partial charge in [-0.2, -0.15) is 0 Å². The van der Waals surface area contributed by atoms with E-state index in [1.165, 1.54) is 9.75 Å². The van der Waals surface area contributed by atoms with Crippen molar-refractivity contribution in [3.05, 3.63) is 72.5 Å². The van der Waals surface area contributed by atoms with E-state index in [1.807, 2.05) is 18.2 Å². The van der Waals surface area contributed by atoms with E-state index in [0.29, 0.717) is 0 Å². The molecule has 0 atom stereocenters. The predicted octanol–water partition coefficient (Wildman–Crippen LogP) is 6.43. The number of nitrogens with one attached hydrogen (secondary N) is 1. The summed E-state index contributed by atoms with van der Waals surface area (Å²) >= 11 is 13.1. The molecular weight excluding hydrogens is 374 g/mol. The molecule has 0 saturated carbocycles. The summed E-state index contributed by atoms with van der Waals surface area (Å²) in [5, 5.41) is 8.53. The second kappa shape index (κ2) is 6.31. The molecule has 0 unspecified atom stereocenters. The van der Waals surface area contributed by atoms with Crippen molar-refractivity contribution in [1.82, 2.24) is 0 Å². The molecule has 1 aromatic carbocycles. The minimum absolute atomic E-state index is 0.174. The van der Waals surface area contributed by atoms with Gasteiger partial charge in [-0.1, -0.05) is 23.7 Å². The summed E-state index contributed by atoms with van der Waals surface area (Å²) in [6, 6.07) is 14.5. The fraction of sp³-hybridized carbons (Fsp3) is 0.0667. The van der Waals surface area contributed by atoms with Gasteiger partial charge >= 0.3 is 0 Å². The highest BCUT2D eigenvalue weighted by molar-refractivity contribution is 9.10. The van der Waals surface area contributed by atoms with Crippen LogP contribution in [-0.2, 0) is 0 Å². The molecule has 0 aliphatic rings. The molecule has 3 aromatic rings. The molecule has 0 radical (unpaired) electrons. The molecular formula is C15H11BrClNS2. The molecule has 102 valence electrons. The Balaban J connectivity index is 1.95. The third-order valence-electron chi connectivity index (χ3n) is 2.89. The maximum atomic E-state index is 6.00. The van der Waals surface area contributed by atoms with Gasteiger partial charge in [0.2, 0.25) is 0 Å². The Kier molecular flexibility index (Phi) is 4.46. The highest BCUT2D eigenvalue weighted by atomic mass is 79.9. The third kappa shape index (κ3) is 3.09. The first-order valence-electron chi connectivity index (χ1n) is 6.02. The fourth-order valence-corrected chi connectivity index (χ4v) is 4.41. The van der Waals surface area contributed by atoms with Crippen molar-refractivity contribution in [3.8, 4) is 0 Å². The summed E-state index contributed by atoms with van der Waals surface area (Å²) in [6.45, 7) is 0. The molecule has 5 heteroatoms. The van der Waals surface area contributed by atoms with Crippen LogP contribution < -0.4 is 5.32 Å². The van der Waals surface area contributed by atoms with E-state index in [1.54, 1.807) is 22.7 Å². The molecule has 0 bridgehead atoms. The normalized spacial score (nSPS) is 10.9. The quantitative estimate of drug-likeness (QED) is 0.546. The fourth-order valence-electron chi connectivity index (χ4n) is 1.96. The van der Waals surface area contributed by atoms with Crippen LogP contribution in [0.4, 0.5) is 5.69 Å². The van der Waals surface area contributed by atoms with Crippen LogP contribution in [0.1, 0.15) is 15.8 Å². The molecule has 20 heavy (non-hydrogen) atoms. The van der Waals surface area contributed by atoms with Crippen LogP contribution >= 0.6 is 50.2 Å². The SMILES string of the molecule is Clc1ccc(NC(c2cccs2)c2cccs2)c(Br)c1. The van der Waals surface area contributed by atoms with Crippen LogP contribution in [0.2, 0.25) is 5.02 Å². The van der Waals surface area contributed by atoms with Gasteiger partial charge in [-0.3, -0.25) is 0 Å². The first-order valence-corrected chi connectivity index (χ1v) is 8.95. The van der Waals surface area contributed by atoms with Gasteiger partial charge in [-0.15, -0.1) is 22.7 Å². The van der Waals surface area contributed by atoms with Crippen LogP contribution in [0, 0.1) is 0 Å². The van der Waals surface area contributed by atoms with Crippen LogP contribution in [0.5, 0.6) is 0 Å². The van der Waals surface area contributed by atoms with E-state index in [-0.39, 0.29) is 6.04 Å². The van der Waals surface area contributed by atoms with Gasteiger partial charge in [0.25, 0.3) is 0 Å². The molecule has 0 amide bonds. The Morgan fingerprint density at radius 3 is 2.15 bits per heavy atom. The molecule has 0 aliphatic heterocycles. The lowest BCUT2D eigenvalue weighted by molar-refractivity contribution is 0.991. The van der Waals surface area contributed by atoms with Gasteiger partial charge in [0.15, 0.2) is 0 Å². The number of hydrogen-bond acceptors (Lipinski definition) is 3. The number of halogens is 2. The number of rotatable bonds is 4. The monoisotopic (exact) mass is 383 g/mol. The van der Waals surface area contributed by atoms with Gasteiger partial charge in [-0.25, -0.2) is 0 Å². The summed E-state index contributed by atoms with van der Waals surface area (Å²) in [4.78, 5) is 2.60. The summed E-state index contributed by atoms with van der Waals surface area (Å²) in [5.74, 6) is 0. The lowest BCUT2D eigenvalue weighted by atomic mass is 10.2. The maximum absolute atomic E-state index is 6.00. The second-order valence-corrected chi connectivity index (χ2v) is 7.48. The zero-order valence-corrected chi connectivity index (χ0v) is 14.3. The Morgan fingerprint density at radius 2 is 1.65 bits per heavy atom. The van der Waals surface area contributed by atoms with Crippen molar-refractivity contribution in [2.75, 3.05) is 5.32 Å². The molecule has 1 N–H and O–H groups in total. The van der Waals surface area contributed by atoms with Crippen molar-refractivity contribution in [2.45, 2.75) is 6.04 Å². The molecule has 0 spiro atoms. The summed E-state index contributed by atoms with van der Waals surface area (Å²) in [6.07, 6.45) is 0. The molecule has 2 heterocycles. The topological polar surface area (TPSA) is 12.0 Å². The van der Waals surface area contributed by atoms with Crippen LogP contribution in [0.3, 0.4) is 0 Å². The molecule has 0 fully saturated rings. The Bertz CT molecular complexity index is 646. The average Bonchev–Trinajstić information content (AvgIpc) is 3.11. The van der Waals surface area contributed by atoms with Gasteiger partial charge in [-0.05, 0) is 57.0 Å². The van der Waals surface area contributed by atoms with Crippen molar-refractivity contribution in [2.24, 2.45) is 0 Å². The van der Waals surface area contributed by atoms with Crippen molar-refractivity contribution in [1.29, 1.82) is 0 Å². The minimum atomic E-state index is 0.174. The zero-order valence-electron chi connectivity index (χ0n) is 10.3. The number of hydrogen-bond donors (Lipinski definition) is 1. The summed E-state index contributed by atoms with van der Waals surface area (Å²) in [7, 11) is 0. The molecule has 3 rings (SSSR count). The molecule has 0 saturated heterocycles. The number of thiophene rings is 2. The van der Waals surface area contributed by atoms with Gasteiger partial charge in [0.05, 0.1) is 6.04 Å². The highest BCUT2D eigenvalue weighted by Crippen LogP contribution is 2.35. The lowest BCUT2D eigenvalue weighted by Crippen LogP contribution is -2.09. The van der Waals surface area contributed by atoms with E-state index in [4.69, 9.17) is 11.6 Å². The van der Waals surface area contributed by atoms with E-state index in [9.17, 15) is 0 Å². The van der Waals surface area contributed by atoms with Gasteiger partial charge < -0.3 is 5.32 Å². The number of anilines is 1. The van der Waals surface area contributed by atoms with E-state index in [0.717, 1.165) is 15.2 Å². The Hall–Kier alpha value is -0.810. The van der Waals surface area contributed by atoms with E-state index in [2.05, 4.69) is 56.3 Å². The smallest absolute Gasteiger partial charge is 0.0953 e.